The first-order valence-electron chi connectivity index (χ1n) is 9.21. The van der Waals surface area contributed by atoms with E-state index in [1.807, 2.05) is 6.07 Å². The maximum Gasteiger partial charge on any atom is 0.255 e. The number of anilines is 1. The molecule has 3 aromatic rings. The third kappa shape index (κ3) is 4.38. The zero-order valence-electron chi connectivity index (χ0n) is 15.5. The minimum atomic E-state index is -3.44. The van der Waals surface area contributed by atoms with E-state index in [4.69, 9.17) is 11.6 Å². The molecule has 0 saturated carbocycles. The van der Waals surface area contributed by atoms with Gasteiger partial charge >= 0.3 is 0 Å². The molecule has 2 aromatic carbocycles. The van der Waals surface area contributed by atoms with Crippen molar-refractivity contribution in [2.75, 3.05) is 18.4 Å². The molecule has 0 atom stereocenters. The standard InChI is InChI=1S/C21H19ClN2O3S2/c22-17-7-4-8-18(14-17)23-21(25)16-6-3-5-15(13-16)19-9-10-20(28-19)29(26,27)24-11-1-2-12-24/h3-10,13-14H,1-2,11-12H2,(H,23,25). The summed E-state index contributed by atoms with van der Waals surface area (Å²) in [5, 5.41) is 3.37. The van der Waals surface area contributed by atoms with E-state index in [1.54, 1.807) is 54.6 Å². The van der Waals surface area contributed by atoms with Crippen LogP contribution >= 0.6 is 22.9 Å². The number of halogens is 1. The maximum absolute atomic E-state index is 12.7. The van der Waals surface area contributed by atoms with E-state index in [1.165, 1.54) is 15.6 Å². The molecular formula is C21H19ClN2O3S2. The fourth-order valence-corrected chi connectivity index (χ4v) is 6.42. The van der Waals surface area contributed by atoms with E-state index < -0.39 is 10.0 Å². The van der Waals surface area contributed by atoms with Gasteiger partial charge < -0.3 is 5.32 Å². The first-order valence-corrected chi connectivity index (χ1v) is 11.8. The highest BCUT2D eigenvalue weighted by molar-refractivity contribution is 7.91. The van der Waals surface area contributed by atoms with Crippen LogP contribution in [-0.4, -0.2) is 31.7 Å². The van der Waals surface area contributed by atoms with Crippen LogP contribution in [0.2, 0.25) is 5.02 Å². The van der Waals surface area contributed by atoms with Gasteiger partial charge in [-0.1, -0.05) is 29.8 Å². The number of hydrogen-bond acceptors (Lipinski definition) is 4. The van der Waals surface area contributed by atoms with E-state index in [0.29, 0.717) is 33.6 Å². The summed E-state index contributed by atoms with van der Waals surface area (Å²) in [7, 11) is -3.44. The number of carbonyl (C=O) groups excluding carboxylic acids is 1. The normalized spacial score (nSPS) is 14.8. The average Bonchev–Trinajstić information content (AvgIpc) is 3.41. The minimum Gasteiger partial charge on any atom is -0.322 e. The molecule has 1 N–H and O–H groups in total. The number of benzene rings is 2. The molecule has 1 aliphatic heterocycles. The molecule has 2 heterocycles. The van der Waals surface area contributed by atoms with Crippen LogP contribution in [0, 0.1) is 0 Å². The SMILES string of the molecule is O=C(Nc1cccc(Cl)c1)c1cccc(-c2ccc(S(=O)(=O)N3CCCC3)s2)c1. The van der Waals surface area contributed by atoms with Crippen molar-refractivity contribution in [3.8, 4) is 10.4 Å². The molecule has 0 spiro atoms. The van der Waals surface area contributed by atoms with E-state index in [0.717, 1.165) is 23.3 Å². The fraction of sp³-hybridized carbons (Fsp3) is 0.190. The van der Waals surface area contributed by atoms with Crippen molar-refractivity contribution in [2.45, 2.75) is 17.1 Å². The van der Waals surface area contributed by atoms with Crippen molar-refractivity contribution in [1.29, 1.82) is 0 Å². The third-order valence-corrected chi connectivity index (χ3v) is 8.47. The zero-order chi connectivity index (χ0) is 20.4. The largest absolute Gasteiger partial charge is 0.322 e. The van der Waals surface area contributed by atoms with Gasteiger partial charge in [0.15, 0.2) is 0 Å². The Morgan fingerprint density at radius 1 is 1.00 bits per heavy atom. The van der Waals surface area contributed by atoms with Crippen molar-refractivity contribution >= 4 is 44.6 Å². The number of nitrogens with zero attached hydrogens (tertiary/aromatic N) is 1. The van der Waals surface area contributed by atoms with Gasteiger partial charge in [-0.15, -0.1) is 11.3 Å². The average molecular weight is 447 g/mol. The highest BCUT2D eigenvalue weighted by atomic mass is 35.5. The summed E-state index contributed by atoms with van der Waals surface area (Å²) >= 11 is 7.19. The molecular weight excluding hydrogens is 428 g/mol. The van der Waals surface area contributed by atoms with E-state index in [9.17, 15) is 13.2 Å². The molecule has 150 valence electrons. The van der Waals surface area contributed by atoms with Crippen LogP contribution < -0.4 is 5.32 Å². The maximum atomic E-state index is 12.7. The van der Waals surface area contributed by atoms with Crippen molar-refractivity contribution in [1.82, 2.24) is 4.31 Å². The van der Waals surface area contributed by atoms with Crippen LogP contribution in [0.25, 0.3) is 10.4 Å². The number of rotatable bonds is 5. The van der Waals surface area contributed by atoms with Gasteiger partial charge in [-0.25, -0.2) is 8.42 Å². The van der Waals surface area contributed by atoms with E-state index >= 15 is 0 Å². The van der Waals surface area contributed by atoms with Gasteiger partial charge in [0.05, 0.1) is 0 Å². The highest BCUT2D eigenvalue weighted by Crippen LogP contribution is 2.33. The van der Waals surface area contributed by atoms with E-state index in [2.05, 4.69) is 5.32 Å². The van der Waals surface area contributed by atoms with Gasteiger partial charge in [0.2, 0.25) is 0 Å². The first-order chi connectivity index (χ1) is 13.9. The van der Waals surface area contributed by atoms with Crippen LogP contribution in [0.15, 0.2) is 64.9 Å². The highest BCUT2D eigenvalue weighted by Gasteiger charge is 2.28. The molecule has 29 heavy (non-hydrogen) atoms. The Balaban J connectivity index is 1.56. The molecule has 1 aromatic heterocycles. The van der Waals surface area contributed by atoms with Crippen molar-refractivity contribution in [3.05, 3.63) is 71.2 Å². The van der Waals surface area contributed by atoms with Crippen LogP contribution in [-0.2, 0) is 10.0 Å². The summed E-state index contributed by atoms with van der Waals surface area (Å²) in [5.74, 6) is -0.254. The Hall–Kier alpha value is -2.19. The Kier molecular flexibility index (Phi) is 5.74. The summed E-state index contributed by atoms with van der Waals surface area (Å²) in [6.45, 7) is 1.16. The molecule has 1 fully saturated rings. The molecule has 0 bridgehead atoms. The number of hydrogen-bond donors (Lipinski definition) is 1. The second-order valence-electron chi connectivity index (χ2n) is 6.78. The minimum absolute atomic E-state index is 0.254. The smallest absolute Gasteiger partial charge is 0.255 e. The summed E-state index contributed by atoms with van der Waals surface area (Å²) < 4.78 is 27.4. The summed E-state index contributed by atoms with van der Waals surface area (Å²) in [4.78, 5) is 13.4. The lowest BCUT2D eigenvalue weighted by atomic mass is 10.1. The van der Waals surface area contributed by atoms with Crippen LogP contribution in [0.3, 0.4) is 0 Å². The molecule has 1 saturated heterocycles. The van der Waals surface area contributed by atoms with Gasteiger partial charge in [0.25, 0.3) is 15.9 Å². The van der Waals surface area contributed by atoms with Crippen LogP contribution in [0.5, 0.6) is 0 Å². The number of nitrogens with one attached hydrogen (secondary N) is 1. The number of carbonyl (C=O) groups is 1. The predicted molar refractivity (Wildman–Crippen MR) is 117 cm³/mol. The fourth-order valence-electron chi connectivity index (χ4n) is 3.25. The molecule has 1 amide bonds. The van der Waals surface area contributed by atoms with Gasteiger partial charge in [-0.3, -0.25) is 4.79 Å². The predicted octanol–water partition coefficient (Wildman–Crippen LogP) is 5.11. The Labute approximate surface area is 179 Å². The first kappa shape index (κ1) is 20.1. The molecule has 1 aliphatic rings. The quantitative estimate of drug-likeness (QED) is 0.592. The lowest BCUT2D eigenvalue weighted by molar-refractivity contribution is 0.102. The van der Waals surface area contributed by atoms with Crippen molar-refractivity contribution in [3.63, 3.8) is 0 Å². The third-order valence-electron chi connectivity index (χ3n) is 4.73. The Morgan fingerprint density at radius 3 is 2.52 bits per heavy atom. The molecule has 0 aliphatic carbocycles. The van der Waals surface area contributed by atoms with Gasteiger partial charge in [-0.2, -0.15) is 4.31 Å². The van der Waals surface area contributed by atoms with Crippen molar-refractivity contribution < 1.29 is 13.2 Å². The van der Waals surface area contributed by atoms with E-state index in [-0.39, 0.29) is 5.91 Å². The summed E-state index contributed by atoms with van der Waals surface area (Å²) in [5.41, 5.74) is 1.90. The second-order valence-corrected chi connectivity index (χ2v) is 10.5. The van der Waals surface area contributed by atoms with Gasteiger partial charge in [-0.05, 0) is 60.9 Å². The molecule has 8 heteroatoms. The second kappa shape index (κ2) is 8.28. The number of amides is 1. The Morgan fingerprint density at radius 2 is 1.76 bits per heavy atom. The lowest BCUT2D eigenvalue weighted by Crippen LogP contribution is -2.27. The van der Waals surface area contributed by atoms with Crippen molar-refractivity contribution in [2.24, 2.45) is 0 Å². The van der Waals surface area contributed by atoms with Crippen LogP contribution in [0.1, 0.15) is 23.2 Å². The monoisotopic (exact) mass is 446 g/mol. The molecule has 0 unspecified atom stereocenters. The molecule has 4 rings (SSSR count). The lowest BCUT2D eigenvalue weighted by Gasteiger charge is -2.13. The number of thiophene rings is 1. The number of sulfonamides is 1. The summed E-state index contributed by atoms with van der Waals surface area (Å²) in [6.07, 6.45) is 1.81. The summed E-state index contributed by atoms with van der Waals surface area (Å²) in [6, 6.07) is 17.5. The van der Waals surface area contributed by atoms with Crippen LogP contribution in [0.4, 0.5) is 5.69 Å². The Bertz CT molecular complexity index is 1150. The molecule has 0 radical (unpaired) electrons. The topological polar surface area (TPSA) is 66.5 Å². The zero-order valence-corrected chi connectivity index (χ0v) is 17.9. The molecule has 5 nitrogen and oxygen atoms in total. The van der Waals surface area contributed by atoms with Gasteiger partial charge in [0.1, 0.15) is 4.21 Å². The van der Waals surface area contributed by atoms with Gasteiger partial charge in [0, 0.05) is 34.2 Å².